The van der Waals surface area contributed by atoms with Crippen molar-refractivity contribution in [2.24, 2.45) is 0 Å². The van der Waals surface area contributed by atoms with Gasteiger partial charge >= 0.3 is 0 Å². The van der Waals surface area contributed by atoms with E-state index in [9.17, 15) is 5.11 Å². The highest BCUT2D eigenvalue weighted by Gasteiger charge is 2.11. The van der Waals surface area contributed by atoms with Crippen LogP contribution in [0.1, 0.15) is 23.0 Å². The first kappa shape index (κ1) is 17.7. The third kappa shape index (κ3) is 5.19. The molecule has 0 fully saturated rings. The van der Waals surface area contributed by atoms with Gasteiger partial charge < -0.3 is 19.6 Å². The van der Waals surface area contributed by atoms with E-state index in [1.807, 2.05) is 48.5 Å². The summed E-state index contributed by atoms with van der Waals surface area (Å²) in [4.78, 5) is 0. The molecule has 0 spiro atoms. The molecule has 2 N–H and O–H groups in total. The summed E-state index contributed by atoms with van der Waals surface area (Å²) < 4.78 is 12.2. The van der Waals surface area contributed by atoms with E-state index in [1.165, 1.54) is 0 Å². The van der Waals surface area contributed by atoms with Crippen LogP contribution in [0.15, 0.2) is 75.8 Å². The van der Waals surface area contributed by atoms with Crippen LogP contribution >= 0.6 is 15.9 Å². The van der Waals surface area contributed by atoms with Crippen molar-refractivity contribution in [3.05, 3.63) is 88.3 Å². The zero-order valence-corrected chi connectivity index (χ0v) is 15.3. The minimum atomic E-state index is -0.671. The molecular weight excluding hydrogens is 382 g/mol. The van der Waals surface area contributed by atoms with Crippen molar-refractivity contribution in [3.8, 4) is 5.75 Å². The van der Waals surface area contributed by atoms with E-state index in [2.05, 4.69) is 21.2 Å². The lowest BCUT2D eigenvalue weighted by atomic mass is 10.2. The molecule has 0 amide bonds. The molecule has 3 rings (SSSR count). The number of nitrogens with one attached hydrogen (secondary N) is 1. The minimum Gasteiger partial charge on any atom is -0.489 e. The second-order valence-corrected chi connectivity index (χ2v) is 6.60. The number of benzene rings is 2. The van der Waals surface area contributed by atoms with Gasteiger partial charge in [0.1, 0.15) is 24.2 Å². The summed E-state index contributed by atoms with van der Waals surface area (Å²) >= 11 is 3.50. The molecule has 5 heteroatoms. The first-order valence-electron chi connectivity index (χ1n) is 8.10. The first-order valence-corrected chi connectivity index (χ1v) is 8.89. The number of hydrogen-bond acceptors (Lipinski definition) is 4. The number of ether oxygens (including phenoxy) is 1. The molecule has 2 aromatic carbocycles. The highest BCUT2D eigenvalue weighted by Crippen LogP contribution is 2.24. The van der Waals surface area contributed by atoms with Gasteiger partial charge in [0.05, 0.1) is 6.26 Å². The predicted molar refractivity (Wildman–Crippen MR) is 100 cm³/mol. The highest BCUT2D eigenvalue weighted by molar-refractivity contribution is 9.10. The van der Waals surface area contributed by atoms with Crippen LogP contribution in [0.5, 0.6) is 5.75 Å². The average molecular weight is 402 g/mol. The third-order valence-electron chi connectivity index (χ3n) is 3.78. The zero-order chi connectivity index (χ0) is 17.5. The fourth-order valence-electron chi connectivity index (χ4n) is 2.49. The molecule has 25 heavy (non-hydrogen) atoms. The Balaban J connectivity index is 1.59. The highest BCUT2D eigenvalue weighted by atomic mass is 79.9. The molecule has 3 aromatic rings. The smallest absolute Gasteiger partial charge is 0.133 e. The Hall–Kier alpha value is -2.08. The Kier molecular flexibility index (Phi) is 6.28. The van der Waals surface area contributed by atoms with Crippen molar-refractivity contribution in [2.75, 3.05) is 6.54 Å². The van der Waals surface area contributed by atoms with E-state index in [0.29, 0.717) is 25.5 Å². The number of halogens is 1. The number of aliphatic hydroxyl groups excluding tert-OH is 1. The molecule has 1 aromatic heterocycles. The lowest BCUT2D eigenvalue weighted by molar-refractivity contribution is 0.147. The second-order valence-electron chi connectivity index (χ2n) is 5.69. The summed E-state index contributed by atoms with van der Waals surface area (Å²) in [5.74, 6) is 1.38. The molecule has 130 valence electrons. The van der Waals surface area contributed by atoms with Gasteiger partial charge in [-0.15, -0.1) is 0 Å². The van der Waals surface area contributed by atoms with E-state index in [1.54, 1.807) is 18.4 Å². The SMILES string of the molecule is OC(CNCc1cc(Br)ccc1OCc1ccccc1)c1ccco1. The molecule has 0 saturated carbocycles. The molecule has 1 unspecified atom stereocenters. The molecule has 0 aliphatic heterocycles. The van der Waals surface area contributed by atoms with Crippen molar-refractivity contribution in [1.29, 1.82) is 0 Å². The van der Waals surface area contributed by atoms with Crippen LogP contribution in [0.25, 0.3) is 0 Å². The van der Waals surface area contributed by atoms with E-state index in [0.717, 1.165) is 21.3 Å². The van der Waals surface area contributed by atoms with Crippen LogP contribution < -0.4 is 10.1 Å². The lowest BCUT2D eigenvalue weighted by Crippen LogP contribution is -2.21. The van der Waals surface area contributed by atoms with Crippen LogP contribution in [0.3, 0.4) is 0 Å². The molecule has 0 radical (unpaired) electrons. The van der Waals surface area contributed by atoms with Gasteiger partial charge in [0.15, 0.2) is 0 Å². The van der Waals surface area contributed by atoms with Gasteiger partial charge in [-0.2, -0.15) is 0 Å². The summed E-state index contributed by atoms with van der Waals surface area (Å²) in [6.07, 6.45) is 0.887. The minimum absolute atomic E-state index is 0.401. The summed E-state index contributed by atoms with van der Waals surface area (Å²) in [5.41, 5.74) is 2.15. The van der Waals surface area contributed by atoms with Crippen LogP contribution in [0.4, 0.5) is 0 Å². The Morgan fingerprint density at radius 1 is 1.08 bits per heavy atom. The lowest BCUT2D eigenvalue weighted by Gasteiger charge is -2.14. The van der Waals surface area contributed by atoms with Crippen LogP contribution in [0, 0.1) is 0 Å². The fourth-order valence-corrected chi connectivity index (χ4v) is 2.90. The van der Waals surface area contributed by atoms with E-state index >= 15 is 0 Å². The van der Waals surface area contributed by atoms with Gasteiger partial charge in [0, 0.05) is 23.1 Å². The second kappa shape index (κ2) is 8.85. The molecule has 0 bridgehead atoms. The molecule has 0 aliphatic carbocycles. The molecule has 0 saturated heterocycles. The average Bonchev–Trinajstić information content (AvgIpc) is 3.16. The maximum Gasteiger partial charge on any atom is 0.133 e. The number of hydrogen-bond donors (Lipinski definition) is 2. The Bertz CT molecular complexity index is 775. The van der Waals surface area contributed by atoms with Crippen molar-refractivity contribution < 1.29 is 14.3 Å². The molecule has 1 heterocycles. The predicted octanol–water partition coefficient (Wildman–Crippen LogP) is 4.44. The quantitative estimate of drug-likeness (QED) is 0.585. The van der Waals surface area contributed by atoms with Gasteiger partial charge in [-0.05, 0) is 35.9 Å². The number of rotatable bonds is 8. The molecule has 1 atom stereocenters. The largest absolute Gasteiger partial charge is 0.489 e. The monoisotopic (exact) mass is 401 g/mol. The maximum absolute atomic E-state index is 10.1. The maximum atomic E-state index is 10.1. The Morgan fingerprint density at radius 3 is 2.68 bits per heavy atom. The van der Waals surface area contributed by atoms with Crippen molar-refractivity contribution >= 4 is 15.9 Å². The van der Waals surface area contributed by atoms with Gasteiger partial charge in [0.25, 0.3) is 0 Å². The topological polar surface area (TPSA) is 54.6 Å². The third-order valence-corrected chi connectivity index (χ3v) is 4.28. The fraction of sp³-hybridized carbons (Fsp3) is 0.200. The van der Waals surface area contributed by atoms with Crippen molar-refractivity contribution in [1.82, 2.24) is 5.32 Å². The summed E-state index contributed by atoms with van der Waals surface area (Å²) in [7, 11) is 0. The summed E-state index contributed by atoms with van der Waals surface area (Å²) in [6, 6.07) is 19.5. The van der Waals surface area contributed by atoms with E-state index in [4.69, 9.17) is 9.15 Å². The standard InChI is InChI=1S/C20H20BrNO3/c21-17-8-9-19(25-14-15-5-2-1-3-6-15)16(11-17)12-22-13-18(23)20-7-4-10-24-20/h1-11,18,22-23H,12-14H2. The zero-order valence-electron chi connectivity index (χ0n) is 13.7. The van der Waals surface area contributed by atoms with Crippen LogP contribution in [0.2, 0.25) is 0 Å². The normalized spacial score (nSPS) is 12.1. The van der Waals surface area contributed by atoms with Gasteiger partial charge in [-0.1, -0.05) is 46.3 Å². The van der Waals surface area contributed by atoms with Gasteiger partial charge in [-0.25, -0.2) is 0 Å². The Labute approximate surface area is 155 Å². The number of aliphatic hydroxyl groups is 1. The van der Waals surface area contributed by atoms with Crippen LogP contribution in [-0.4, -0.2) is 11.7 Å². The van der Waals surface area contributed by atoms with Gasteiger partial charge in [-0.3, -0.25) is 0 Å². The number of furan rings is 1. The first-order chi connectivity index (χ1) is 12.2. The molecule has 4 nitrogen and oxygen atoms in total. The summed E-state index contributed by atoms with van der Waals surface area (Å²) in [5, 5.41) is 13.3. The van der Waals surface area contributed by atoms with E-state index in [-0.39, 0.29) is 0 Å². The van der Waals surface area contributed by atoms with Crippen molar-refractivity contribution in [2.45, 2.75) is 19.3 Å². The Morgan fingerprint density at radius 2 is 1.92 bits per heavy atom. The van der Waals surface area contributed by atoms with Crippen LogP contribution in [-0.2, 0) is 13.2 Å². The van der Waals surface area contributed by atoms with E-state index < -0.39 is 6.10 Å². The van der Waals surface area contributed by atoms with Gasteiger partial charge in [0.2, 0.25) is 0 Å². The molecule has 0 aliphatic rings. The molecular formula is C20H20BrNO3. The van der Waals surface area contributed by atoms with Crippen molar-refractivity contribution in [3.63, 3.8) is 0 Å². The summed E-state index contributed by atoms with van der Waals surface area (Å²) in [6.45, 7) is 1.50.